The lowest BCUT2D eigenvalue weighted by Crippen LogP contribution is -2.45. The minimum absolute atomic E-state index is 0.109. The maximum Gasteiger partial charge on any atom is 0.251 e. The number of hydrogen-bond donors (Lipinski definition) is 2. The summed E-state index contributed by atoms with van der Waals surface area (Å²) in [7, 11) is 0. The van der Waals surface area contributed by atoms with E-state index in [1.165, 1.54) is 57.8 Å². The first kappa shape index (κ1) is 26.4. The fraction of sp³-hybridized carbons (Fsp3) is 0.955. The summed E-state index contributed by atoms with van der Waals surface area (Å²) in [5.41, 5.74) is 5.49. The zero-order chi connectivity index (χ0) is 20.2. The number of carbonyl (C=O) groups is 1. The van der Waals surface area contributed by atoms with Crippen LogP contribution in [0, 0.1) is 0 Å². The Morgan fingerprint density at radius 1 is 0.815 bits per heavy atom. The van der Waals surface area contributed by atoms with Gasteiger partial charge in [-0.25, -0.2) is 0 Å². The van der Waals surface area contributed by atoms with Gasteiger partial charge in [-0.05, 0) is 19.8 Å². The van der Waals surface area contributed by atoms with Gasteiger partial charge in [-0.1, -0.05) is 78.1 Å². The average molecular weight is 387 g/mol. The van der Waals surface area contributed by atoms with E-state index in [2.05, 4.69) is 19.2 Å². The summed E-state index contributed by atoms with van der Waals surface area (Å²) < 4.78 is 11.8. The van der Waals surface area contributed by atoms with Gasteiger partial charge in [0.05, 0.1) is 6.10 Å². The molecule has 0 heterocycles. The van der Waals surface area contributed by atoms with Crippen LogP contribution < -0.4 is 11.1 Å². The Bertz CT molecular complexity index is 327. The van der Waals surface area contributed by atoms with Crippen molar-refractivity contribution in [2.24, 2.45) is 5.73 Å². The average Bonchev–Trinajstić information content (AvgIpc) is 2.67. The second-order valence-electron chi connectivity index (χ2n) is 7.48. The minimum atomic E-state index is -0.549. The highest BCUT2D eigenvalue weighted by molar-refractivity contribution is 5.81. The molecule has 1 amide bonds. The molecule has 0 aliphatic carbocycles. The fourth-order valence-corrected chi connectivity index (χ4v) is 3.05. The largest absolute Gasteiger partial charge is 0.375 e. The first-order valence-corrected chi connectivity index (χ1v) is 11.4. The molecule has 0 saturated carbocycles. The molecule has 2 atom stereocenters. The molecule has 162 valence electrons. The number of rotatable bonds is 20. The van der Waals surface area contributed by atoms with E-state index in [1.807, 2.05) is 6.92 Å². The first-order chi connectivity index (χ1) is 13.2. The molecule has 0 spiro atoms. The summed E-state index contributed by atoms with van der Waals surface area (Å²) in [6, 6.07) is 0. The van der Waals surface area contributed by atoms with E-state index in [4.69, 9.17) is 15.2 Å². The van der Waals surface area contributed by atoms with Crippen LogP contribution in [-0.4, -0.2) is 44.4 Å². The molecule has 0 rings (SSSR count). The zero-order valence-electron chi connectivity index (χ0n) is 18.3. The SMILES string of the molecule is CCCCCCCCOC(C)C(OCCCCCCCC)C(=O)NCCN. The van der Waals surface area contributed by atoms with E-state index >= 15 is 0 Å². The van der Waals surface area contributed by atoms with Crippen LogP contribution in [0.15, 0.2) is 0 Å². The van der Waals surface area contributed by atoms with Crippen LogP contribution in [0.2, 0.25) is 0 Å². The summed E-state index contributed by atoms with van der Waals surface area (Å²) in [5.74, 6) is -0.109. The van der Waals surface area contributed by atoms with Gasteiger partial charge in [-0.3, -0.25) is 4.79 Å². The van der Waals surface area contributed by atoms with Crippen LogP contribution in [0.3, 0.4) is 0 Å². The van der Waals surface area contributed by atoms with Gasteiger partial charge in [0.1, 0.15) is 0 Å². The van der Waals surface area contributed by atoms with Gasteiger partial charge in [-0.15, -0.1) is 0 Å². The second kappa shape index (κ2) is 20.1. The van der Waals surface area contributed by atoms with Crippen LogP contribution in [0.5, 0.6) is 0 Å². The van der Waals surface area contributed by atoms with E-state index < -0.39 is 6.10 Å². The quantitative estimate of drug-likeness (QED) is 0.301. The summed E-state index contributed by atoms with van der Waals surface area (Å²) in [6.07, 6.45) is 13.8. The molecule has 0 aliphatic rings. The van der Waals surface area contributed by atoms with Gasteiger partial charge >= 0.3 is 0 Å². The van der Waals surface area contributed by atoms with Crippen LogP contribution in [-0.2, 0) is 14.3 Å². The number of nitrogens with one attached hydrogen (secondary N) is 1. The van der Waals surface area contributed by atoms with Crippen molar-refractivity contribution < 1.29 is 14.3 Å². The summed E-state index contributed by atoms with van der Waals surface area (Å²) in [5, 5.41) is 2.84. The van der Waals surface area contributed by atoms with E-state index in [0.29, 0.717) is 26.3 Å². The van der Waals surface area contributed by atoms with Gasteiger partial charge in [0, 0.05) is 26.3 Å². The van der Waals surface area contributed by atoms with Crippen molar-refractivity contribution in [3.8, 4) is 0 Å². The third-order valence-corrected chi connectivity index (χ3v) is 4.80. The number of ether oxygens (including phenoxy) is 2. The molecule has 0 fully saturated rings. The predicted molar refractivity (Wildman–Crippen MR) is 114 cm³/mol. The molecule has 0 aromatic carbocycles. The van der Waals surface area contributed by atoms with Gasteiger partial charge in [0.2, 0.25) is 0 Å². The van der Waals surface area contributed by atoms with E-state index in [0.717, 1.165) is 19.3 Å². The fourth-order valence-electron chi connectivity index (χ4n) is 3.05. The van der Waals surface area contributed by atoms with Crippen LogP contribution in [0.25, 0.3) is 0 Å². The molecule has 0 radical (unpaired) electrons. The Labute approximate surface area is 168 Å². The standard InChI is InChI=1S/C22H46N2O3/c1-4-6-8-10-12-14-18-26-20(3)21(22(25)24-17-16-23)27-19-15-13-11-9-7-5-2/h20-21H,4-19,23H2,1-3H3,(H,24,25). The highest BCUT2D eigenvalue weighted by Gasteiger charge is 2.26. The molecule has 0 aromatic rings. The van der Waals surface area contributed by atoms with Gasteiger partial charge in [0.25, 0.3) is 5.91 Å². The molecule has 0 aliphatic heterocycles. The van der Waals surface area contributed by atoms with Crippen molar-refractivity contribution in [3.63, 3.8) is 0 Å². The molecule has 5 heteroatoms. The molecular weight excluding hydrogens is 340 g/mol. The lowest BCUT2D eigenvalue weighted by molar-refractivity contribution is -0.143. The van der Waals surface area contributed by atoms with Crippen LogP contribution >= 0.6 is 0 Å². The lowest BCUT2D eigenvalue weighted by atomic mass is 10.1. The number of amides is 1. The van der Waals surface area contributed by atoms with Crippen molar-refractivity contribution in [2.75, 3.05) is 26.3 Å². The van der Waals surface area contributed by atoms with Crippen molar-refractivity contribution in [3.05, 3.63) is 0 Å². The minimum Gasteiger partial charge on any atom is -0.375 e. The molecular formula is C22H46N2O3. The van der Waals surface area contributed by atoms with Crippen LogP contribution in [0.1, 0.15) is 97.8 Å². The summed E-state index contributed by atoms with van der Waals surface area (Å²) >= 11 is 0. The number of carbonyl (C=O) groups excluding carboxylic acids is 1. The Morgan fingerprint density at radius 3 is 1.81 bits per heavy atom. The van der Waals surface area contributed by atoms with Crippen molar-refractivity contribution >= 4 is 5.91 Å². The zero-order valence-corrected chi connectivity index (χ0v) is 18.3. The summed E-state index contributed by atoms with van der Waals surface area (Å²) in [4.78, 5) is 12.4. The molecule has 3 N–H and O–H groups in total. The molecule has 2 unspecified atom stereocenters. The summed E-state index contributed by atoms with van der Waals surface area (Å²) in [6.45, 7) is 8.59. The topological polar surface area (TPSA) is 73.6 Å². The van der Waals surface area contributed by atoms with Crippen molar-refractivity contribution in [1.29, 1.82) is 0 Å². The first-order valence-electron chi connectivity index (χ1n) is 11.4. The molecule has 27 heavy (non-hydrogen) atoms. The third-order valence-electron chi connectivity index (χ3n) is 4.80. The molecule has 0 aromatic heterocycles. The Morgan fingerprint density at radius 2 is 1.30 bits per heavy atom. The third kappa shape index (κ3) is 16.0. The van der Waals surface area contributed by atoms with E-state index in [9.17, 15) is 4.79 Å². The molecule has 0 saturated heterocycles. The normalized spacial score (nSPS) is 13.5. The monoisotopic (exact) mass is 386 g/mol. The number of hydrogen-bond acceptors (Lipinski definition) is 4. The van der Waals surface area contributed by atoms with Crippen molar-refractivity contribution in [1.82, 2.24) is 5.32 Å². The molecule has 0 bridgehead atoms. The van der Waals surface area contributed by atoms with Gasteiger partial charge in [0.15, 0.2) is 6.10 Å². The van der Waals surface area contributed by atoms with Gasteiger partial charge in [-0.2, -0.15) is 0 Å². The maximum atomic E-state index is 12.4. The Hall–Kier alpha value is -0.650. The smallest absolute Gasteiger partial charge is 0.251 e. The van der Waals surface area contributed by atoms with E-state index in [-0.39, 0.29) is 12.0 Å². The maximum absolute atomic E-state index is 12.4. The Balaban J connectivity index is 4.10. The predicted octanol–water partition coefficient (Wildman–Crippen LogP) is 4.57. The molecule has 5 nitrogen and oxygen atoms in total. The number of unbranched alkanes of at least 4 members (excludes halogenated alkanes) is 10. The Kier molecular flexibility index (Phi) is 19.6. The highest BCUT2D eigenvalue weighted by Crippen LogP contribution is 2.11. The van der Waals surface area contributed by atoms with Gasteiger partial charge < -0.3 is 20.5 Å². The van der Waals surface area contributed by atoms with Crippen molar-refractivity contribution in [2.45, 2.75) is 110 Å². The lowest BCUT2D eigenvalue weighted by Gasteiger charge is -2.24. The van der Waals surface area contributed by atoms with Crippen LogP contribution in [0.4, 0.5) is 0 Å². The number of nitrogens with two attached hydrogens (primary N) is 1. The highest BCUT2D eigenvalue weighted by atomic mass is 16.5. The van der Waals surface area contributed by atoms with E-state index in [1.54, 1.807) is 0 Å². The second-order valence-corrected chi connectivity index (χ2v) is 7.48.